The molecule has 0 spiro atoms. The summed E-state index contributed by atoms with van der Waals surface area (Å²) in [6.07, 6.45) is -0.610. The molecule has 1 aliphatic heterocycles. The van der Waals surface area contributed by atoms with Gasteiger partial charge in [0.15, 0.2) is 0 Å². The van der Waals surface area contributed by atoms with Gasteiger partial charge in [-0.05, 0) is 44.9 Å². The molecule has 2 atom stereocenters. The van der Waals surface area contributed by atoms with Crippen molar-refractivity contribution in [2.45, 2.75) is 45.5 Å². The van der Waals surface area contributed by atoms with Gasteiger partial charge in [0, 0.05) is 19.6 Å². The van der Waals surface area contributed by atoms with Crippen LogP contribution in [0.1, 0.15) is 38.0 Å². The summed E-state index contributed by atoms with van der Waals surface area (Å²) in [4.78, 5) is 2.17. The molecule has 0 aromatic heterocycles. The average molecular weight is 325 g/mol. The van der Waals surface area contributed by atoms with Crippen molar-refractivity contribution in [1.82, 2.24) is 4.90 Å². The zero-order valence-corrected chi connectivity index (χ0v) is 14.5. The summed E-state index contributed by atoms with van der Waals surface area (Å²) in [6.45, 7) is 10.6. The Morgan fingerprint density at radius 2 is 2.17 bits per heavy atom. The maximum atomic E-state index is 13.4. The van der Waals surface area contributed by atoms with Crippen LogP contribution in [0.25, 0.3) is 0 Å². The summed E-state index contributed by atoms with van der Waals surface area (Å²) in [5, 5.41) is 10.1. The Morgan fingerprint density at radius 1 is 1.43 bits per heavy atom. The fraction of sp³-hybridized carbons (Fsp3) is 0.667. The molecule has 130 valence electrons. The highest BCUT2D eigenvalue weighted by atomic mass is 19.1. The summed E-state index contributed by atoms with van der Waals surface area (Å²) >= 11 is 0. The number of aliphatic hydroxyl groups is 1. The lowest BCUT2D eigenvalue weighted by molar-refractivity contribution is -0.0757. The van der Waals surface area contributed by atoms with Gasteiger partial charge in [-0.1, -0.05) is 12.1 Å². The van der Waals surface area contributed by atoms with Gasteiger partial charge in [-0.25, -0.2) is 4.39 Å². The molecular formula is C18H28FNO3. The molecule has 0 saturated carbocycles. The molecule has 2 unspecified atom stereocenters. The minimum atomic E-state index is -0.525. The minimum absolute atomic E-state index is 0.0845. The fourth-order valence-electron chi connectivity index (χ4n) is 2.64. The largest absolute Gasteiger partial charge is 0.389 e. The SMILES string of the molecule is Cc1cc(C2CN(CC(O)COC(C)(C)C)CCO2)ccc1F. The fourth-order valence-corrected chi connectivity index (χ4v) is 2.64. The number of aliphatic hydroxyl groups excluding tert-OH is 1. The van der Waals surface area contributed by atoms with Gasteiger partial charge >= 0.3 is 0 Å². The van der Waals surface area contributed by atoms with E-state index in [0.29, 0.717) is 31.9 Å². The van der Waals surface area contributed by atoms with Gasteiger partial charge < -0.3 is 14.6 Å². The molecule has 5 heteroatoms. The van der Waals surface area contributed by atoms with E-state index in [0.717, 1.165) is 12.1 Å². The van der Waals surface area contributed by atoms with Crippen molar-refractivity contribution in [2.75, 3.05) is 32.8 Å². The molecule has 0 amide bonds. The number of hydrogen-bond donors (Lipinski definition) is 1. The van der Waals surface area contributed by atoms with Crippen molar-refractivity contribution in [3.05, 3.63) is 35.1 Å². The zero-order valence-electron chi connectivity index (χ0n) is 14.5. The number of β-amino-alcohol motifs (C(OH)–C–C–N with tert-alkyl or cyclic N) is 1. The summed E-state index contributed by atoms with van der Waals surface area (Å²) in [5.74, 6) is -0.198. The number of halogens is 1. The van der Waals surface area contributed by atoms with E-state index >= 15 is 0 Å². The first-order valence-corrected chi connectivity index (χ1v) is 8.16. The van der Waals surface area contributed by atoms with Gasteiger partial charge in [0.05, 0.1) is 31.0 Å². The van der Waals surface area contributed by atoms with Crippen LogP contribution < -0.4 is 0 Å². The highest BCUT2D eigenvalue weighted by Crippen LogP contribution is 2.24. The molecule has 1 saturated heterocycles. The molecular weight excluding hydrogens is 297 g/mol. The number of ether oxygens (including phenoxy) is 2. The van der Waals surface area contributed by atoms with E-state index in [1.54, 1.807) is 13.0 Å². The highest BCUT2D eigenvalue weighted by Gasteiger charge is 2.24. The van der Waals surface area contributed by atoms with Crippen LogP contribution in [0.3, 0.4) is 0 Å². The number of nitrogens with zero attached hydrogens (tertiary/aromatic N) is 1. The molecule has 1 fully saturated rings. The molecule has 2 rings (SSSR count). The predicted octanol–water partition coefficient (Wildman–Crippen LogP) is 2.68. The van der Waals surface area contributed by atoms with Crippen LogP contribution in [0.2, 0.25) is 0 Å². The second kappa shape index (κ2) is 7.71. The van der Waals surface area contributed by atoms with Crippen molar-refractivity contribution in [3.8, 4) is 0 Å². The zero-order chi connectivity index (χ0) is 17.0. The van der Waals surface area contributed by atoms with E-state index in [4.69, 9.17) is 9.47 Å². The first-order valence-electron chi connectivity index (χ1n) is 8.16. The third-order valence-corrected chi connectivity index (χ3v) is 3.88. The Bertz CT molecular complexity index is 515. The van der Waals surface area contributed by atoms with Crippen molar-refractivity contribution < 1.29 is 19.0 Å². The second-order valence-corrected chi connectivity index (χ2v) is 7.20. The number of hydrogen-bond acceptors (Lipinski definition) is 4. The van der Waals surface area contributed by atoms with Crippen molar-refractivity contribution in [3.63, 3.8) is 0 Å². The number of morpholine rings is 1. The summed E-state index contributed by atoms with van der Waals surface area (Å²) in [6, 6.07) is 5.09. The van der Waals surface area contributed by atoms with Crippen LogP contribution in [-0.4, -0.2) is 54.6 Å². The van der Waals surface area contributed by atoms with Crippen LogP contribution in [0.4, 0.5) is 4.39 Å². The Kier molecular flexibility index (Phi) is 6.14. The van der Waals surface area contributed by atoms with Crippen LogP contribution in [-0.2, 0) is 9.47 Å². The second-order valence-electron chi connectivity index (χ2n) is 7.20. The first-order chi connectivity index (χ1) is 10.7. The molecule has 1 heterocycles. The Hall–Kier alpha value is -1.01. The third-order valence-electron chi connectivity index (χ3n) is 3.88. The van der Waals surface area contributed by atoms with Gasteiger partial charge in [-0.3, -0.25) is 4.90 Å². The first kappa shape index (κ1) is 18.3. The predicted molar refractivity (Wildman–Crippen MR) is 88.0 cm³/mol. The maximum Gasteiger partial charge on any atom is 0.126 e. The van der Waals surface area contributed by atoms with E-state index < -0.39 is 6.10 Å². The average Bonchev–Trinajstić information content (AvgIpc) is 2.48. The Balaban J connectivity index is 1.89. The Morgan fingerprint density at radius 3 is 2.83 bits per heavy atom. The molecule has 23 heavy (non-hydrogen) atoms. The molecule has 0 radical (unpaired) electrons. The van der Waals surface area contributed by atoms with Crippen molar-refractivity contribution >= 4 is 0 Å². The monoisotopic (exact) mass is 325 g/mol. The topological polar surface area (TPSA) is 41.9 Å². The number of aryl methyl sites for hydroxylation is 1. The van der Waals surface area contributed by atoms with Crippen LogP contribution in [0, 0.1) is 12.7 Å². The lowest BCUT2D eigenvalue weighted by Crippen LogP contribution is -2.44. The molecule has 1 N–H and O–H groups in total. The van der Waals surface area contributed by atoms with Crippen LogP contribution in [0.5, 0.6) is 0 Å². The Labute approximate surface area is 138 Å². The van der Waals surface area contributed by atoms with Gasteiger partial charge in [0.1, 0.15) is 5.82 Å². The molecule has 1 aliphatic rings. The van der Waals surface area contributed by atoms with E-state index in [2.05, 4.69) is 4.90 Å². The lowest BCUT2D eigenvalue weighted by Gasteiger charge is -2.34. The van der Waals surface area contributed by atoms with E-state index in [9.17, 15) is 9.50 Å². The third kappa shape index (κ3) is 5.84. The molecule has 1 aromatic carbocycles. The summed E-state index contributed by atoms with van der Waals surface area (Å²) in [5.41, 5.74) is 1.36. The van der Waals surface area contributed by atoms with Gasteiger partial charge in [0.2, 0.25) is 0 Å². The van der Waals surface area contributed by atoms with Crippen molar-refractivity contribution in [1.29, 1.82) is 0 Å². The normalized spacial score (nSPS) is 21.4. The maximum absolute atomic E-state index is 13.4. The van der Waals surface area contributed by atoms with Gasteiger partial charge in [0.25, 0.3) is 0 Å². The highest BCUT2D eigenvalue weighted by molar-refractivity contribution is 5.26. The van der Waals surface area contributed by atoms with Gasteiger partial charge in [-0.15, -0.1) is 0 Å². The number of benzene rings is 1. The smallest absolute Gasteiger partial charge is 0.126 e. The number of rotatable bonds is 5. The molecule has 1 aromatic rings. The van der Waals surface area contributed by atoms with Crippen LogP contribution in [0.15, 0.2) is 18.2 Å². The van der Waals surface area contributed by atoms with Crippen molar-refractivity contribution in [2.24, 2.45) is 0 Å². The lowest BCUT2D eigenvalue weighted by atomic mass is 10.0. The van der Waals surface area contributed by atoms with Gasteiger partial charge in [-0.2, -0.15) is 0 Å². The van der Waals surface area contributed by atoms with Crippen LogP contribution >= 0.6 is 0 Å². The molecule has 0 aliphatic carbocycles. The van der Waals surface area contributed by atoms with E-state index in [1.165, 1.54) is 6.07 Å². The summed E-state index contributed by atoms with van der Waals surface area (Å²) in [7, 11) is 0. The molecule has 4 nitrogen and oxygen atoms in total. The summed E-state index contributed by atoms with van der Waals surface area (Å²) < 4.78 is 24.8. The van der Waals surface area contributed by atoms with E-state index in [-0.39, 0.29) is 17.5 Å². The quantitative estimate of drug-likeness (QED) is 0.904. The molecule has 0 bridgehead atoms. The van der Waals surface area contributed by atoms with E-state index in [1.807, 2.05) is 26.8 Å². The standard InChI is InChI=1S/C18H28FNO3/c1-13-9-14(5-6-16(13)19)17-11-20(7-8-22-17)10-15(21)12-23-18(2,3)4/h5-6,9,15,17,21H,7-8,10-12H2,1-4H3. The minimum Gasteiger partial charge on any atom is -0.389 e.